The summed E-state index contributed by atoms with van der Waals surface area (Å²) in [5, 5.41) is 10.5. The highest BCUT2D eigenvalue weighted by Crippen LogP contribution is 2.45. The van der Waals surface area contributed by atoms with E-state index in [0.29, 0.717) is 25.7 Å². The Hall–Kier alpha value is -1.94. The molecular formula is C61H118O17P2. The lowest BCUT2D eigenvalue weighted by Gasteiger charge is -2.21. The predicted octanol–water partition coefficient (Wildman–Crippen LogP) is 16.6. The summed E-state index contributed by atoms with van der Waals surface area (Å²) in [5.41, 5.74) is 0. The molecule has 0 spiro atoms. The minimum absolute atomic E-state index is 0.0988. The van der Waals surface area contributed by atoms with Crippen molar-refractivity contribution in [2.75, 3.05) is 39.6 Å². The number of phosphoric acid groups is 2. The van der Waals surface area contributed by atoms with E-state index in [2.05, 4.69) is 34.6 Å². The molecule has 0 aliphatic heterocycles. The molecule has 0 aliphatic rings. The maximum absolute atomic E-state index is 13.0. The second-order valence-corrected chi connectivity index (χ2v) is 25.5. The number of carbonyl (C=O) groups excluding carboxylic acids is 4. The molecule has 3 N–H and O–H groups in total. The van der Waals surface area contributed by atoms with Crippen molar-refractivity contribution in [2.24, 2.45) is 5.92 Å². The number of phosphoric ester groups is 2. The van der Waals surface area contributed by atoms with E-state index in [1.165, 1.54) is 122 Å². The van der Waals surface area contributed by atoms with E-state index >= 15 is 0 Å². The number of hydrogen-bond donors (Lipinski definition) is 3. The number of aliphatic hydroxyl groups excluding tert-OH is 1. The van der Waals surface area contributed by atoms with Crippen LogP contribution in [0.25, 0.3) is 0 Å². The van der Waals surface area contributed by atoms with Gasteiger partial charge in [0.25, 0.3) is 0 Å². The Morgan fingerprint density at radius 2 is 0.575 bits per heavy atom. The molecule has 0 rings (SSSR count). The van der Waals surface area contributed by atoms with Crippen LogP contribution in [0.2, 0.25) is 0 Å². The van der Waals surface area contributed by atoms with Crippen LogP contribution in [0.15, 0.2) is 0 Å². The lowest BCUT2D eigenvalue weighted by atomic mass is 10.0. The molecule has 0 radical (unpaired) electrons. The van der Waals surface area contributed by atoms with Gasteiger partial charge in [-0.05, 0) is 31.6 Å². The van der Waals surface area contributed by atoms with Gasteiger partial charge in [-0.1, -0.05) is 253 Å². The third-order valence-electron chi connectivity index (χ3n) is 14.0. The molecular weight excluding hydrogens is 1070 g/mol. The van der Waals surface area contributed by atoms with Gasteiger partial charge >= 0.3 is 39.5 Å². The molecule has 0 bridgehead atoms. The zero-order valence-electron chi connectivity index (χ0n) is 51.2. The highest BCUT2D eigenvalue weighted by molar-refractivity contribution is 7.47. The van der Waals surface area contributed by atoms with E-state index in [1.54, 1.807) is 0 Å². The summed E-state index contributed by atoms with van der Waals surface area (Å²) in [6.45, 7) is 6.99. The minimum Gasteiger partial charge on any atom is -0.462 e. The molecule has 0 amide bonds. The summed E-state index contributed by atoms with van der Waals surface area (Å²) in [6, 6.07) is 0. The van der Waals surface area contributed by atoms with Crippen LogP contribution in [-0.4, -0.2) is 96.7 Å². The fraction of sp³-hybridized carbons (Fsp3) is 0.934. The topological polar surface area (TPSA) is 237 Å². The van der Waals surface area contributed by atoms with Gasteiger partial charge in [-0.15, -0.1) is 0 Å². The number of ether oxygens (including phenoxy) is 4. The maximum Gasteiger partial charge on any atom is 0.472 e. The SMILES string of the molecule is CCCCCCCCCCCCCCCCCCCC(=O)O[C@H](COC(=O)CCCCCCCCCCCCC(C)C)COP(=O)(O)OC[C@@H](O)COP(=O)(O)OC[C@@H](COC(=O)CCCCCCC)OC(=O)CCCCCCC. The zero-order valence-corrected chi connectivity index (χ0v) is 53.0. The van der Waals surface area contributed by atoms with E-state index in [4.69, 9.17) is 37.0 Å². The first-order valence-electron chi connectivity index (χ1n) is 32.1. The fourth-order valence-corrected chi connectivity index (χ4v) is 10.6. The standard InChI is InChI=1S/C61H118O17P2/c1-6-9-12-15-16-17-18-19-20-21-22-23-24-29-32-37-42-47-61(66)78-57(51-72-59(64)45-40-36-31-28-26-25-27-30-35-38-43-54(4)5)53-76-80(69,70)74-49-55(62)48-73-79(67,68)75-52-56(77-60(65)46-41-34-14-11-8-3)50-71-58(63)44-39-33-13-10-7-2/h54-57,62H,6-53H2,1-5H3,(H,67,68)(H,69,70)/t55-,56+,57+/m0/s1. The number of aliphatic hydroxyl groups is 1. The lowest BCUT2D eigenvalue weighted by molar-refractivity contribution is -0.161. The number of rotatable bonds is 61. The molecule has 0 fully saturated rings. The van der Waals surface area contributed by atoms with Gasteiger partial charge in [0, 0.05) is 25.7 Å². The average Bonchev–Trinajstić information content (AvgIpc) is 3.42. The minimum atomic E-state index is -4.94. The Bertz CT molecular complexity index is 1570. The van der Waals surface area contributed by atoms with Crippen molar-refractivity contribution in [3.63, 3.8) is 0 Å². The summed E-state index contributed by atoms with van der Waals surface area (Å²) in [4.78, 5) is 71.6. The summed E-state index contributed by atoms with van der Waals surface area (Å²) >= 11 is 0. The maximum atomic E-state index is 13.0. The van der Waals surface area contributed by atoms with Gasteiger partial charge < -0.3 is 33.8 Å². The van der Waals surface area contributed by atoms with Gasteiger partial charge in [0.15, 0.2) is 12.2 Å². The van der Waals surface area contributed by atoms with Gasteiger partial charge in [0.05, 0.1) is 26.4 Å². The Balaban J connectivity index is 5.10. The van der Waals surface area contributed by atoms with Gasteiger partial charge in [0.2, 0.25) is 0 Å². The van der Waals surface area contributed by atoms with E-state index < -0.39 is 97.5 Å². The third kappa shape index (κ3) is 55.3. The fourth-order valence-electron chi connectivity index (χ4n) is 9.05. The van der Waals surface area contributed by atoms with Gasteiger partial charge in [0.1, 0.15) is 19.3 Å². The third-order valence-corrected chi connectivity index (χ3v) is 15.9. The van der Waals surface area contributed by atoms with Crippen LogP contribution < -0.4 is 0 Å². The van der Waals surface area contributed by atoms with Crippen LogP contribution in [0, 0.1) is 5.92 Å². The smallest absolute Gasteiger partial charge is 0.462 e. The highest BCUT2D eigenvalue weighted by atomic mass is 31.2. The van der Waals surface area contributed by atoms with E-state index in [0.717, 1.165) is 102 Å². The normalized spacial score (nSPS) is 14.3. The molecule has 0 saturated carbocycles. The highest BCUT2D eigenvalue weighted by Gasteiger charge is 2.30. The Kier molecular flexibility index (Phi) is 53.6. The summed E-state index contributed by atoms with van der Waals surface area (Å²) in [5.74, 6) is -1.40. The van der Waals surface area contributed by atoms with Crippen molar-refractivity contribution in [3.8, 4) is 0 Å². The van der Waals surface area contributed by atoms with Crippen molar-refractivity contribution in [1.82, 2.24) is 0 Å². The van der Waals surface area contributed by atoms with Crippen LogP contribution >= 0.6 is 15.6 Å². The van der Waals surface area contributed by atoms with Crippen LogP contribution in [0.3, 0.4) is 0 Å². The van der Waals surface area contributed by atoms with Crippen LogP contribution in [0.4, 0.5) is 0 Å². The lowest BCUT2D eigenvalue weighted by Crippen LogP contribution is -2.30. The molecule has 17 nitrogen and oxygen atoms in total. The average molecular weight is 1190 g/mol. The number of carbonyl (C=O) groups is 4. The summed E-state index contributed by atoms with van der Waals surface area (Å²) < 4.78 is 67.5. The Labute approximate surface area is 486 Å². The summed E-state index contributed by atoms with van der Waals surface area (Å²) in [7, 11) is -9.86. The molecule has 80 heavy (non-hydrogen) atoms. The first kappa shape index (κ1) is 78.1. The van der Waals surface area contributed by atoms with Gasteiger partial charge in [-0.3, -0.25) is 37.3 Å². The second kappa shape index (κ2) is 55.0. The van der Waals surface area contributed by atoms with Crippen LogP contribution in [0.1, 0.15) is 304 Å². The molecule has 0 aromatic carbocycles. The van der Waals surface area contributed by atoms with Crippen LogP contribution in [-0.2, 0) is 65.4 Å². The second-order valence-electron chi connectivity index (χ2n) is 22.6. The van der Waals surface area contributed by atoms with Crippen molar-refractivity contribution < 1.29 is 80.2 Å². The number of esters is 4. The quantitative estimate of drug-likeness (QED) is 0.0222. The first-order chi connectivity index (χ1) is 38.5. The summed E-state index contributed by atoms with van der Waals surface area (Å²) in [6.07, 6.45) is 38.4. The predicted molar refractivity (Wildman–Crippen MR) is 317 cm³/mol. The van der Waals surface area contributed by atoms with Crippen LogP contribution in [0.5, 0.6) is 0 Å². The molecule has 0 heterocycles. The monoisotopic (exact) mass is 1180 g/mol. The number of unbranched alkanes of at least 4 members (excludes halogenated alkanes) is 33. The molecule has 0 saturated heterocycles. The molecule has 2 unspecified atom stereocenters. The van der Waals surface area contributed by atoms with E-state index in [-0.39, 0.29) is 25.7 Å². The van der Waals surface area contributed by atoms with Gasteiger partial charge in [-0.2, -0.15) is 0 Å². The Morgan fingerprint density at radius 1 is 0.338 bits per heavy atom. The van der Waals surface area contributed by atoms with E-state index in [9.17, 15) is 43.2 Å². The van der Waals surface area contributed by atoms with Crippen molar-refractivity contribution in [3.05, 3.63) is 0 Å². The first-order valence-corrected chi connectivity index (χ1v) is 35.1. The van der Waals surface area contributed by atoms with Crippen molar-refractivity contribution >= 4 is 39.5 Å². The van der Waals surface area contributed by atoms with Crippen molar-refractivity contribution in [1.29, 1.82) is 0 Å². The molecule has 5 atom stereocenters. The molecule has 0 aromatic heterocycles. The molecule has 0 aromatic rings. The molecule has 474 valence electrons. The molecule has 19 heteroatoms. The zero-order chi connectivity index (χ0) is 59.2. The molecule has 0 aliphatic carbocycles. The van der Waals surface area contributed by atoms with Gasteiger partial charge in [-0.25, -0.2) is 9.13 Å². The number of hydrogen-bond acceptors (Lipinski definition) is 15. The largest absolute Gasteiger partial charge is 0.472 e. The van der Waals surface area contributed by atoms with E-state index in [1.807, 2.05) is 0 Å². The van der Waals surface area contributed by atoms with Crippen molar-refractivity contribution in [2.45, 2.75) is 323 Å². The Morgan fingerprint density at radius 3 is 0.850 bits per heavy atom.